The molecule has 1 fully saturated rings. The maximum atomic E-state index is 5.99. The molecule has 1 saturated heterocycles. The minimum atomic E-state index is 0.104. The van der Waals surface area contributed by atoms with E-state index in [1.807, 2.05) is 6.08 Å². The molecule has 0 aromatic carbocycles. The molecule has 14 heavy (non-hydrogen) atoms. The summed E-state index contributed by atoms with van der Waals surface area (Å²) in [4.78, 5) is 2.43. The third-order valence-electron chi connectivity index (χ3n) is 2.63. The van der Waals surface area contributed by atoms with Gasteiger partial charge in [-0.2, -0.15) is 0 Å². The Bertz CT molecular complexity index is 171. The number of morpholine rings is 1. The standard InChI is InChI=1S/C11H22N2O/c1-3-5-10(12)11-9-13(6-4-2)7-8-14-11/h3,10-11H,1,4-9,12H2,2H3. The number of hydrogen-bond acceptors (Lipinski definition) is 3. The SMILES string of the molecule is C=CCC(N)C1CN(CCC)CCO1. The van der Waals surface area contributed by atoms with Gasteiger partial charge in [-0.1, -0.05) is 13.0 Å². The number of ether oxygens (including phenoxy) is 1. The highest BCUT2D eigenvalue weighted by Crippen LogP contribution is 2.10. The van der Waals surface area contributed by atoms with Crippen LogP contribution < -0.4 is 5.73 Å². The van der Waals surface area contributed by atoms with Crippen molar-refractivity contribution in [2.75, 3.05) is 26.2 Å². The van der Waals surface area contributed by atoms with Gasteiger partial charge in [0.15, 0.2) is 0 Å². The second kappa shape index (κ2) is 6.17. The van der Waals surface area contributed by atoms with Crippen LogP contribution in [0.2, 0.25) is 0 Å². The highest BCUT2D eigenvalue weighted by molar-refractivity contribution is 4.85. The van der Waals surface area contributed by atoms with E-state index < -0.39 is 0 Å². The van der Waals surface area contributed by atoms with Gasteiger partial charge in [0.2, 0.25) is 0 Å². The van der Waals surface area contributed by atoms with Crippen LogP contribution in [0.15, 0.2) is 12.7 Å². The maximum absolute atomic E-state index is 5.99. The molecule has 2 unspecified atom stereocenters. The van der Waals surface area contributed by atoms with E-state index in [1.165, 1.54) is 6.42 Å². The van der Waals surface area contributed by atoms with Crippen molar-refractivity contribution in [1.82, 2.24) is 4.90 Å². The van der Waals surface area contributed by atoms with Crippen molar-refractivity contribution < 1.29 is 4.74 Å². The molecule has 0 amide bonds. The van der Waals surface area contributed by atoms with E-state index in [2.05, 4.69) is 18.4 Å². The average Bonchev–Trinajstić information content (AvgIpc) is 2.19. The molecule has 0 aliphatic carbocycles. The van der Waals surface area contributed by atoms with E-state index in [-0.39, 0.29) is 12.1 Å². The Kier molecular flexibility index (Phi) is 5.15. The normalized spacial score (nSPS) is 26.0. The van der Waals surface area contributed by atoms with Crippen molar-refractivity contribution in [3.8, 4) is 0 Å². The summed E-state index contributed by atoms with van der Waals surface area (Å²) < 4.78 is 5.65. The van der Waals surface area contributed by atoms with Crippen LogP contribution >= 0.6 is 0 Å². The lowest BCUT2D eigenvalue weighted by Gasteiger charge is -2.35. The van der Waals surface area contributed by atoms with Crippen LogP contribution in [-0.4, -0.2) is 43.3 Å². The molecule has 3 nitrogen and oxygen atoms in total. The largest absolute Gasteiger partial charge is 0.374 e. The highest BCUT2D eigenvalue weighted by Gasteiger charge is 2.24. The smallest absolute Gasteiger partial charge is 0.0856 e. The Balaban J connectivity index is 2.34. The molecule has 0 aromatic rings. The molecule has 1 aliphatic heterocycles. The summed E-state index contributed by atoms with van der Waals surface area (Å²) in [6.45, 7) is 9.89. The second-order valence-corrected chi connectivity index (χ2v) is 3.90. The van der Waals surface area contributed by atoms with E-state index in [4.69, 9.17) is 10.5 Å². The molecule has 0 spiro atoms. The Morgan fingerprint density at radius 1 is 1.71 bits per heavy atom. The number of nitrogens with two attached hydrogens (primary N) is 1. The Morgan fingerprint density at radius 3 is 3.14 bits per heavy atom. The Labute approximate surface area is 86.9 Å². The lowest BCUT2D eigenvalue weighted by molar-refractivity contribution is -0.0396. The van der Waals surface area contributed by atoms with Gasteiger partial charge in [0.1, 0.15) is 0 Å². The molecule has 0 aromatic heterocycles. The van der Waals surface area contributed by atoms with E-state index in [1.54, 1.807) is 0 Å². The zero-order valence-corrected chi connectivity index (χ0v) is 9.11. The van der Waals surface area contributed by atoms with Gasteiger partial charge in [0, 0.05) is 19.1 Å². The van der Waals surface area contributed by atoms with Crippen LogP contribution in [0.25, 0.3) is 0 Å². The molecular weight excluding hydrogens is 176 g/mol. The number of hydrogen-bond donors (Lipinski definition) is 1. The fourth-order valence-electron chi connectivity index (χ4n) is 1.85. The summed E-state index contributed by atoms with van der Waals surface area (Å²) in [5.41, 5.74) is 5.99. The van der Waals surface area contributed by atoms with E-state index in [9.17, 15) is 0 Å². The highest BCUT2D eigenvalue weighted by atomic mass is 16.5. The van der Waals surface area contributed by atoms with Crippen molar-refractivity contribution in [2.24, 2.45) is 5.73 Å². The summed E-state index contributed by atoms with van der Waals surface area (Å²) in [6.07, 6.45) is 4.09. The first-order valence-electron chi connectivity index (χ1n) is 5.48. The lowest BCUT2D eigenvalue weighted by atomic mass is 10.1. The number of rotatable bonds is 5. The first-order valence-corrected chi connectivity index (χ1v) is 5.48. The van der Waals surface area contributed by atoms with E-state index >= 15 is 0 Å². The predicted octanol–water partition coefficient (Wildman–Crippen LogP) is 1.00. The predicted molar refractivity (Wildman–Crippen MR) is 59.3 cm³/mol. The molecule has 0 saturated carbocycles. The zero-order valence-electron chi connectivity index (χ0n) is 9.11. The molecule has 82 valence electrons. The molecule has 2 N–H and O–H groups in total. The van der Waals surface area contributed by atoms with Crippen LogP contribution in [0, 0.1) is 0 Å². The van der Waals surface area contributed by atoms with Crippen LogP contribution in [0.1, 0.15) is 19.8 Å². The molecule has 1 aliphatic rings. The second-order valence-electron chi connectivity index (χ2n) is 3.90. The fourth-order valence-corrected chi connectivity index (χ4v) is 1.85. The molecule has 0 radical (unpaired) electrons. The molecular formula is C11H22N2O. The fraction of sp³-hybridized carbons (Fsp3) is 0.818. The maximum Gasteiger partial charge on any atom is 0.0856 e. The van der Waals surface area contributed by atoms with Gasteiger partial charge in [-0.3, -0.25) is 4.90 Å². The van der Waals surface area contributed by atoms with Crippen LogP contribution in [0.5, 0.6) is 0 Å². The van der Waals surface area contributed by atoms with Gasteiger partial charge in [0.25, 0.3) is 0 Å². The molecule has 0 bridgehead atoms. The number of nitrogens with zero attached hydrogens (tertiary/aromatic N) is 1. The van der Waals surface area contributed by atoms with Crippen molar-refractivity contribution in [3.63, 3.8) is 0 Å². The minimum Gasteiger partial charge on any atom is -0.374 e. The first kappa shape index (κ1) is 11.7. The monoisotopic (exact) mass is 198 g/mol. The third-order valence-corrected chi connectivity index (χ3v) is 2.63. The molecule has 2 atom stereocenters. The average molecular weight is 198 g/mol. The zero-order chi connectivity index (χ0) is 10.4. The van der Waals surface area contributed by atoms with Gasteiger partial charge in [-0.15, -0.1) is 6.58 Å². The Hall–Kier alpha value is -0.380. The quantitative estimate of drug-likeness (QED) is 0.670. The first-order chi connectivity index (χ1) is 6.77. The van der Waals surface area contributed by atoms with Gasteiger partial charge in [-0.05, 0) is 19.4 Å². The van der Waals surface area contributed by atoms with Gasteiger partial charge >= 0.3 is 0 Å². The van der Waals surface area contributed by atoms with Gasteiger partial charge < -0.3 is 10.5 Å². The minimum absolute atomic E-state index is 0.104. The summed E-state index contributed by atoms with van der Waals surface area (Å²) >= 11 is 0. The summed E-state index contributed by atoms with van der Waals surface area (Å²) in [6, 6.07) is 0.104. The lowest BCUT2D eigenvalue weighted by Crippen LogP contribution is -2.50. The van der Waals surface area contributed by atoms with E-state index in [0.29, 0.717) is 0 Å². The molecule has 1 heterocycles. The van der Waals surface area contributed by atoms with Gasteiger partial charge in [-0.25, -0.2) is 0 Å². The van der Waals surface area contributed by atoms with Crippen molar-refractivity contribution >= 4 is 0 Å². The van der Waals surface area contributed by atoms with Crippen molar-refractivity contribution in [2.45, 2.75) is 31.9 Å². The van der Waals surface area contributed by atoms with Crippen LogP contribution in [0.4, 0.5) is 0 Å². The summed E-state index contributed by atoms with van der Waals surface area (Å²) in [5.74, 6) is 0. The Morgan fingerprint density at radius 2 is 2.50 bits per heavy atom. The van der Waals surface area contributed by atoms with Gasteiger partial charge in [0.05, 0.1) is 12.7 Å². The van der Waals surface area contributed by atoms with Crippen molar-refractivity contribution in [3.05, 3.63) is 12.7 Å². The molecule has 3 heteroatoms. The topological polar surface area (TPSA) is 38.5 Å². The van der Waals surface area contributed by atoms with Crippen molar-refractivity contribution in [1.29, 1.82) is 0 Å². The van der Waals surface area contributed by atoms with Crippen LogP contribution in [-0.2, 0) is 4.74 Å². The summed E-state index contributed by atoms with van der Waals surface area (Å²) in [7, 11) is 0. The third kappa shape index (κ3) is 3.40. The van der Waals surface area contributed by atoms with Crippen LogP contribution in [0.3, 0.4) is 0 Å². The summed E-state index contributed by atoms with van der Waals surface area (Å²) in [5, 5.41) is 0. The van der Waals surface area contributed by atoms with E-state index in [0.717, 1.165) is 32.7 Å². The molecule has 1 rings (SSSR count).